The lowest BCUT2D eigenvalue weighted by molar-refractivity contribution is 1.09. The highest BCUT2D eigenvalue weighted by Gasteiger charge is 2.06. The van der Waals surface area contributed by atoms with Gasteiger partial charge in [0.2, 0.25) is 5.95 Å². The maximum Gasteiger partial charge on any atom is 0.224 e. The largest absolute Gasteiger partial charge is 0.365 e. The normalized spacial score (nSPS) is 10.6. The van der Waals surface area contributed by atoms with Crippen LogP contribution in [0.25, 0.3) is 10.8 Å². The Morgan fingerprint density at radius 3 is 2.76 bits per heavy atom. The molecule has 3 rings (SSSR count). The van der Waals surface area contributed by atoms with Crippen molar-refractivity contribution in [3.8, 4) is 0 Å². The number of nitrogens with one attached hydrogen (secondary N) is 2. The van der Waals surface area contributed by atoms with Gasteiger partial charge >= 0.3 is 0 Å². The zero-order valence-electron chi connectivity index (χ0n) is 11.6. The Balaban J connectivity index is 1.87. The number of benzene rings is 2. The van der Waals surface area contributed by atoms with E-state index >= 15 is 0 Å². The van der Waals surface area contributed by atoms with Crippen molar-refractivity contribution in [2.24, 2.45) is 0 Å². The number of hydrogen-bond donors (Lipinski definition) is 2. The van der Waals surface area contributed by atoms with Gasteiger partial charge in [-0.05, 0) is 16.3 Å². The highest BCUT2D eigenvalue weighted by Crippen LogP contribution is 2.22. The Labute approximate surface area is 128 Å². The number of rotatable bonds is 4. The molecule has 0 amide bonds. The molecule has 1 heterocycles. The van der Waals surface area contributed by atoms with Gasteiger partial charge in [0.05, 0.1) is 6.20 Å². The average Bonchev–Trinajstić information content (AvgIpc) is 2.54. The second kappa shape index (κ2) is 5.97. The highest BCUT2D eigenvalue weighted by atomic mass is 35.5. The van der Waals surface area contributed by atoms with E-state index in [4.69, 9.17) is 11.6 Å². The molecule has 21 heavy (non-hydrogen) atoms. The molecule has 0 radical (unpaired) electrons. The SMILES string of the molecule is CNc1ncc(Cl)c(NCc2cccc3ccccc23)n1. The van der Waals surface area contributed by atoms with Crippen molar-refractivity contribution in [2.75, 3.05) is 17.7 Å². The van der Waals surface area contributed by atoms with Gasteiger partial charge in [-0.3, -0.25) is 0 Å². The molecule has 3 aromatic rings. The van der Waals surface area contributed by atoms with Crippen LogP contribution in [-0.4, -0.2) is 17.0 Å². The van der Waals surface area contributed by atoms with Crippen molar-refractivity contribution in [3.05, 3.63) is 59.2 Å². The molecular formula is C16H15ClN4. The van der Waals surface area contributed by atoms with Gasteiger partial charge in [0.15, 0.2) is 5.82 Å². The van der Waals surface area contributed by atoms with Gasteiger partial charge < -0.3 is 10.6 Å². The molecule has 0 aliphatic carbocycles. The van der Waals surface area contributed by atoms with Gasteiger partial charge in [-0.1, -0.05) is 54.1 Å². The van der Waals surface area contributed by atoms with Crippen LogP contribution < -0.4 is 10.6 Å². The fourth-order valence-corrected chi connectivity index (χ4v) is 2.40. The van der Waals surface area contributed by atoms with E-state index in [-0.39, 0.29) is 0 Å². The van der Waals surface area contributed by atoms with Gasteiger partial charge in [-0.15, -0.1) is 0 Å². The van der Waals surface area contributed by atoms with E-state index in [0.717, 1.165) is 0 Å². The van der Waals surface area contributed by atoms with E-state index in [1.54, 1.807) is 13.2 Å². The molecule has 0 aliphatic rings. The van der Waals surface area contributed by atoms with Gasteiger partial charge in [0, 0.05) is 13.6 Å². The summed E-state index contributed by atoms with van der Waals surface area (Å²) in [7, 11) is 1.78. The summed E-state index contributed by atoms with van der Waals surface area (Å²) in [5.74, 6) is 1.17. The first-order valence-electron chi connectivity index (χ1n) is 6.69. The minimum Gasteiger partial charge on any atom is -0.365 e. The number of anilines is 2. The molecule has 1 aromatic heterocycles. The Morgan fingerprint density at radius 2 is 1.90 bits per heavy atom. The summed E-state index contributed by atoms with van der Waals surface area (Å²) < 4.78 is 0. The maximum atomic E-state index is 6.12. The van der Waals surface area contributed by atoms with Crippen LogP contribution in [0.1, 0.15) is 5.56 Å². The third-order valence-electron chi connectivity index (χ3n) is 3.29. The van der Waals surface area contributed by atoms with Crippen LogP contribution in [0.2, 0.25) is 5.02 Å². The fraction of sp³-hybridized carbons (Fsp3) is 0.125. The van der Waals surface area contributed by atoms with Crippen molar-refractivity contribution >= 4 is 34.1 Å². The third-order valence-corrected chi connectivity index (χ3v) is 3.57. The smallest absolute Gasteiger partial charge is 0.224 e. The zero-order chi connectivity index (χ0) is 14.7. The lowest BCUT2D eigenvalue weighted by Crippen LogP contribution is -2.05. The van der Waals surface area contributed by atoms with Crippen LogP contribution in [0.15, 0.2) is 48.7 Å². The lowest BCUT2D eigenvalue weighted by Gasteiger charge is -2.10. The summed E-state index contributed by atoms with van der Waals surface area (Å²) in [5.41, 5.74) is 1.20. The topological polar surface area (TPSA) is 49.8 Å². The van der Waals surface area contributed by atoms with Crippen LogP contribution in [0.5, 0.6) is 0 Å². The lowest BCUT2D eigenvalue weighted by atomic mass is 10.0. The standard InChI is InChI=1S/C16H15ClN4/c1-18-16-20-10-14(17)15(21-16)19-9-12-7-4-6-11-5-2-3-8-13(11)12/h2-8,10H,9H2,1H3,(H2,18,19,20,21). The number of fused-ring (bicyclic) bond motifs is 1. The molecule has 0 unspecified atom stereocenters. The first-order valence-corrected chi connectivity index (χ1v) is 7.06. The Kier molecular flexibility index (Phi) is 3.88. The van der Waals surface area contributed by atoms with E-state index in [1.165, 1.54) is 16.3 Å². The Morgan fingerprint density at radius 1 is 1.10 bits per heavy atom. The second-order valence-electron chi connectivity index (χ2n) is 4.63. The third kappa shape index (κ3) is 2.90. The monoisotopic (exact) mass is 298 g/mol. The van der Waals surface area contributed by atoms with E-state index in [1.807, 2.05) is 12.1 Å². The molecule has 0 atom stereocenters. The molecule has 4 nitrogen and oxygen atoms in total. The van der Waals surface area contributed by atoms with Crippen LogP contribution >= 0.6 is 11.6 Å². The maximum absolute atomic E-state index is 6.12. The van der Waals surface area contributed by atoms with Crippen molar-refractivity contribution in [3.63, 3.8) is 0 Å². The van der Waals surface area contributed by atoms with E-state index in [2.05, 4.69) is 50.9 Å². The van der Waals surface area contributed by atoms with Gasteiger partial charge in [0.1, 0.15) is 5.02 Å². The van der Waals surface area contributed by atoms with E-state index < -0.39 is 0 Å². The predicted molar refractivity (Wildman–Crippen MR) is 87.9 cm³/mol. The molecule has 2 aromatic carbocycles. The van der Waals surface area contributed by atoms with Crippen molar-refractivity contribution in [1.82, 2.24) is 9.97 Å². The molecule has 0 fully saturated rings. The quantitative estimate of drug-likeness (QED) is 0.766. The molecule has 5 heteroatoms. The summed E-state index contributed by atoms with van der Waals surface area (Å²) in [6.07, 6.45) is 1.59. The second-order valence-corrected chi connectivity index (χ2v) is 5.04. The molecule has 0 saturated heterocycles. The molecule has 0 spiro atoms. The molecule has 0 saturated carbocycles. The van der Waals surface area contributed by atoms with Crippen LogP contribution in [0.3, 0.4) is 0 Å². The summed E-state index contributed by atoms with van der Waals surface area (Å²) in [4.78, 5) is 8.39. The summed E-state index contributed by atoms with van der Waals surface area (Å²) in [6.45, 7) is 0.654. The first kappa shape index (κ1) is 13.6. The van der Waals surface area contributed by atoms with Crippen molar-refractivity contribution < 1.29 is 0 Å². The average molecular weight is 299 g/mol. The Hall–Kier alpha value is -2.33. The van der Waals surface area contributed by atoms with Gasteiger partial charge in [-0.25, -0.2) is 4.98 Å². The van der Waals surface area contributed by atoms with Crippen LogP contribution in [0, 0.1) is 0 Å². The van der Waals surface area contributed by atoms with Gasteiger partial charge in [0.25, 0.3) is 0 Å². The fourth-order valence-electron chi connectivity index (χ4n) is 2.24. The molecule has 2 N–H and O–H groups in total. The number of nitrogens with zero attached hydrogens (tertiary/aromatic N) is 2. The van der Waals surface area contributed by atoms with Crippen molar-refractivity contribution in [2.45, 2.75) is 6.54 Å². The number of aromatic nitrogens is 2. The minimum absolute atomic E-state index is 0.509. The first-order chi connectivity index (χ1) is 10.3. The zero-order valence-corrected chi connectivity index (χ0v) is 12.4. The van der Waals surface area contributed by atoms with Crippen LogP contribution in [0.4, 0.5) is 11.8 Å². The van der Waals surface area contributed by atoms with E-state index in [9.17, 15) is 0 Å². The molecule has 0 aliphatic heterocycles. The molecule has 0 bridgehead atoms. The highest BCUT2D eigenvalue weighted by molar-refractivity contribution is 6.32. The predicted octanol–water partition coefficient (Wildman–Crippen LogP) is 3.94. The number of hydrogen-bond acceptors (Lipinski definition) is 4. The van der Waals surface area contributed by atoms with Crippen molar-refractivity contribution in [1.29, 1.82) is 0 Å². The van der Waals surface area contributed by atoms with Crippen LogP contribution in [-0.2, 0) is 6.54 Å². The van der Waals surface area contributed by atoms with Gasteiger partial charge in [-0.2, -0.15) is 4.98 Å². The minimum atomic E-state index is 0.509. The summed E-state index contributed by atoms with van der Waals surface area (Å²) >= 11 is 6.12. The number of halogens is 1. The van der Waals surface area contributed by atoms with E-state index in [0.29, 0.717) is 23.3 Å². The molecular weight excluding hydrogens is 284 g/mol. The summed E-state index contributed by atoms with van der Waals surface area (Å²) in [5, 5.41) is 9.13. The summed E-state index contributed by atoms with van der Waals surface area (Å²) in [6, 6.07) is 14.6. The molecule has 106 valence electrons. The Bertz CT molecular complexity index is 768.